The number of ether oxygens (including phenoxy) is 2. The summed E-state index contributed by atoms with van der Waals surface area (Å²) < 4.78 is 11.5. The van der Waals surface area contributed by atoms with E-state index in [4.69, 9.17) is 9.47 Å². The zero-order valence-corrected chi connectivity index (χ0v) is 11.8. The van der Waals surface area contributed by atoms with E-state index in [0.29, 0.717) is 18.2 Å². The lowest BCUT2D eigenvalue weighted by Gasteiger charge is -2.27. The maximum absolute atomic E-state index is 5.83. The van der Waals surface area contributed by atoms with E-state index in [-0.39, 0.29) is 0 Å². The molecule has 2 aliphatic rings. The second-order valence-corrected chi connectivity index (χ2v) is 5.78. The minimum atomic E-state index is 0.499. The van der Waals surface area contributed by atoms with Crippen LogP contribution in [-0.2, 0) is 9.47 Å². The van der Waals surface area contributed by atoms with Crippen molar-refractivity contribution < 1.29 is 9.47 Å². The van der Waals surface area contributed by atoms with Gasteiger partial charge in [0, 0.05) is 19.3 Å². The van der Waals surface area contributed by atoms with Crippen molar-refractivity contribution in [3.63, 3.8) is 0 Å². The van der Waals surface area contributed by atoms with Crippen LogP contribution in [0.1, 0.15) is 57.8 Å². The summed E-state index contributed by atoms with van der Waals surface area (Å²) in [6.45, 7) is 1.95. The Morgan fingerprint density at radius 2 is 1.83 bits per heavy atom. The van der Waals surface area contributed by atoms with Crippen molar-refractivity contribution in [1.82, 2.24) is 5.32 Å². The summed E-state index contributed by atoms with van der Waals surface area (Å²) in [5.41, 5.74) is 0. The molecule has 1 N–H and O–H groups in total. The molecule has 0 radical (unpaired) electrons. The Morgan fingerprint density at radius 3 is 2.50 bits per heavy atom. The average Bonchev–Trinajstić information content (AvgIpc) is 2.92. The Hall–Kier alpha value is -0.120. The first-order valence-corrected chi connectivity index (χ1v) is 7.79. The predicted molar refractivity (Wildman–Crippen MR) is 73.9 cm³/mol. The van der Waals surface area contributed by atoms with Crippen molar-refractivity contribution >= 4 is 0 Å². The Balaban J connectivity index is 1.58. The molecule has 0 aliphatic carbocycles. The highest BCUT2D eigenvalue weighted by atomic mass is 16.5. The van der Waals surface area contributed by atoms with Crippen LogP contribution in [0.3, 0.4) is 0 Å². The molecular weight excluding hydrogens is 226 g/mol. The van der Waals surface area contributed by atoms with Gasteiger partial charge in [-0.25, -0.2) is 0 Å². The zero-order chi connectivity index (χ0) is 12.6. The van der Waals surface area contributed by atoms with Gasteiger partial charge in [0.1, 0.15) is 0 Å². The van der Waals surface area contributed by atoms with Gasteiger partial charge in [-0.1, -0.05) is 0 Å². The molecule has 2 saturated heterocycles. The number of hydrogen-bond acceptors (Lipinski definition) is 3. The summed E-state index contributed by atoms with van der Waals surface area (Å²) in [6.07, 6.45) is 12.4. The van der Waals surface area contributed by atoms with Crippen molar-refractivity contribution in [2.24, 2.45) is 0 Å². The SMILES string of the molecule is CNC(CCCC1CCCO1)CC1CCCCO1. The van der Waals surface area contributed by atoms with Gasteiger partial charge in [-0.3, -0.25) is 0 Å². The second kappa shape index (κ2) is 8.13. The van der Waals surface area contributed by atoms with E-state index in [1.54, 1.807) is 0 Å². The van der Waals surface area contributed by atoms with E-state index in [1.807, 2.05) is 0 Å². The summed E-state index contributed by atoms with van der Waals surface area (Å²) in [5, 5.41) is 3.45. The molecule has 3 nitrogen and oxygen atoms in total. The largest absolute Gasteiger partial charge is 0.378 e. The van der Waals surface area contributed by atoms with Gasteiger partial charge in [0.2, 0.25) is 0 Å². The Kier molecular flexibility index (Phi) is 6.46. The van der Waals surface area contributed by atoms with Gasteiger partial charge in [0.05, 0.1) is 12.2 Å². The fraction of sp³-hybridized carbons (Fsp3) is 1.00. The lowest BCUT2D eigenvalue weighted by atomic mass is 9.97. The molecule has 0 aromatic rings. The van der Waals surface area contributed by atoms with Crippen LogP contribution in [0.4, 0.5) is 0 Å². The van der Waals surface area contributed by atoms with Gasteiger partial charge < -0.3 is 14.8 Å². The molecule has 0 saturated carbocycles. The van der Waals surface area contributed by atoms with Crippen LogP contribution < -0.4 is 5.32 Å². The van der Waals surface area contributed by atoms with Crippen LogP contribution in [0.5, 0.6) is 0 Å². The molecule has 2 fully saturated rings. The van der Waals surface area contributed by atoms with E-state index in [1.165, 1.54) is 57.8 Å². The molecule has 106 valence electrons. The molecule has 0 spiro atoms. The summed E-state index contributed by atoms with van der Waals surface area (Å²) in [6, 6.07) is 0.620. The Bertz CT molecular complexity index is 211. The second-order valence-electron chi connectivity index (χ2n) is 5.78. The molecule has 0 amide bonds. The first-order chi connectivity index (χ1) is 8.88. The highest BCUT2D eigenvalue weighted by molar-refractivity contribution is 4.74. The van der Waals surface area contributed by atoms with Crippen molar-refractivity contribution in [2.75, 3.05) is 20.3 Å². The fourth-order valence-corrected chi connectivity index (χ4v) is 3.15. The van der Waals surface area contributed by atoms with Gasteiger partial charge in [-0.2, -0.15) is 0 Å². The molecule has 0 bridgehead atoms. The molecule has 0 aromatic heterocycles. The van der Waals surface area contributed by atoms with Crippen molar-refractivity contribution in [2.45, 2.75) is 76.0 Å². The van der Waals surface area contributed by atoms with Crippen LogP contribution in [0.2, 0.25) is 0 Å². The molecule has 2 heterocycles. The minimum Gasteiger partial charge on any atom is -0.378 e. The highest BCUT2D eigenvalue weighted by Crippen LogP contribution is 2.21. The van der Waals surface area contributed by atoms with E-state index in [9.17, 15) is 0 Å². The summed E-state index contributed by atoms with van der Waals surface area (Å²) in [7, 11) is 2.08. The summed E-state index contributed by atoms with van der Waals surface area (Å²) in [5.74, 6) is 0. The zero-order valence-electron chi connectivity index (χ0n) is 11.8. The fourth-order valence-electron chi connectivity index (χ4n) is 3.15. The molecule has 3 unspecified atom stereocenters. The Labute approximate surface area is 112 Å². The number of rotatable bonds is 7. The van der Waals surface area contributed by atoms with Crippen LogP contribution in [0.25, 0.3) is 0 Å². The molecular formula is C15H29NO2. The van der Waals surface area contributed by atoms with Gasteiger partial charge >= 0.3 is 0 Å². The Morgan fingerprint density at radius 1 is 1.06 bits per heavy atom. The van der Waals surface area contributed by atoms with Crippen molar-refractivity contribution in [3.8, 4) is 0 Å². The van der Waals surface area contributed by atoms with E-state index >= 15 is 0 Å². The van der Waals surface area contributed by atoms with Gasteiger partial charge in [-0.05, 0) is 64.8 Å². The summed E-state index contributed by atoms with van der Waals surface area (Å²) >= 11 is 0. The molecule has 2 aliphatic heterocycles. The third kappa shape index (κ3) is 4.87. The van der Waals surface area contributed by atoms with Gasteiger partial charge in [-0.15, -0.1) is 0 Å². The topological polar surface area (TPSA) is 30.5 Å². The van der Waals surface area contributed by atoms with Crippen LogP contribution in [0, 0.1) is 0 Å². The highest BCUT2D eigenvalue weighted by Gasteiger charge is 2.20. The molecule has 3 atom stereocenters. The quantitative estimate of drug-likeness (QED) is 0.759. The molecule has 3 heteroatoms. The smallest absolute Gasteiger partial charge is 0.0590 e. The van der Waals surface area contributed by atoms with E-state index in [0.717, 1.165) is 13.2 Å². The minimum absolute atomic E-state index is 0.499. The average molecular weight is 255 g/mol. The lowest BCUT2D eigenvalue weighted by molar-refractivity contribution is 0.00477. The lowest BCUT2D eigenvalue weighted by Crippen LogP contribution is -2.32. The standard InChI is InChI=1S/C15H29NO2/c1-16-13(12-15-7-2-3-10-18-15)6-4-8-14-9-5-11-17-14/h13-16H,2-12H2,1H3. The maximum Gasteiger partial charge on any atom is 0.0590 e. The summed E-state index contributed by atoms with van der Waals surface area (Å²) in [4.78, 5) is 0. The van der Waals surface area contributed by atoms with Crippen molar-refractivity contribution in [3.05, 3.63) is 0 Å². The van der Waals surface area contributed by atoms with E-state index < -0.39 is 0 Å². The maximum atomic E-state index is 5.83. The van der Waals surface area contributed by atoms with Gasteiger partial charge in [0.15, 0.2) is 0 Å². The number of nitrogens with one attached hydrogen (secondary N) is 1. The van der Waals surface area contributed by atoms with Crippen molar-refractivity contribution in [1.29, 1.82) is 0 Å². The monoisotopic (exact) mass is 255 g/mol. The third-order valence-electron chi connectivity index (χ3n) is 4.33. The van der Waals surface area contributed by atoms with Gasteiger partial charge in [0.25, 0.3) is 0 Å². The first-order valence-electron chi connectivity index (χ1n) is 7.79. The van der Waals surface area contributed by atoms with E-state index in [2.05, 4.69) is 12.4 Å². The molecule has 0 aromatic carbocycles. The number of hydrogen-bond donors (Lipinski definition) is 1. The first kappa shape index (κ1) is 14.3. The predicted octanol–water partition coefficient (Wildman–Crippen LogP) is 2.88. The molecule has 2 rings (SSSR count). The van der Waals surface area contributed by atoms with Crippen LogP contribution in [0.15, 0.2) is 0 Å². The van der Waals surface area contributed by atoms with Crippen LogP contribution in [-0.4, -0.2) is 38.5 Å². The van der Waals surface area contributed by atoms with Crippen LogP contribution >= 0.6 is 0 Å². The third-order valence-corrected chi connectivity index (χ3v) is 4.33. The molecule has 18 heavy (non-hydrogen) atoms. The normalized spacial score (nSPS) is 30.5.